The zero-order valence-corrected chi connectivity index (χ0v) is 11.7. The first-order valence-corrected chi connectivity index (χ1v) is 6.99. The fourth-order valence-electron chi connectivity index (χ4n) is 1.99. The average molecular weight is 275 g/mol. The molecule has 5 heteroatoms. The third-order valence-corrected chi connectivity index (χ3v) is 3.48. The van der Waals surface area contributed by atoms with Crippen LogP contribution in [0.3, 0.4) is 0 Å². The second-order valence-corrected chi connectivity index (χ2v) is 5.25. The van der Waals surface area contributed by atoms with Crippen LogP contribution >= 0.6 is 0 Å². The van der Waals surface area contributed by atoms with Crippen molar-refractivity contribution in [2.24, 2.45) is 5.92 Å². The molecule has 0 heterocycles. The molecule has 0 bridgehead atoms. The SMILES string of the molecule is CC(C(=O)NCCNC(=O)C1CC1)c1cccc(N)c1. The van der Waals surface area contributed by atoms with Gasteiger partial charge in [-0.15, -0.1) is 0 Å². The molecule has 0 saturated heterocycles. The predicted octanol–water partition coefficient (Wildman–Crippen LogP) is 1.01. The molecule has 1 aliphatic carbocycles. The summed E-state index contributed by atoms with van der Waals surface area (Å²) in [6.45, 7) is 2.77. The van der Waals surface area contributed by atoms with Crippen LogP contribution in [0.25, 0.3) is 0 Å². The maximum absolute atomic E-state index is 12.0. The molecule has 5 nitrogen and oxygen atoms in total. The van der Waals surface area contributed by atoms with E-state index in [1.165, 1.54) is 0 Å². The van der Waals surface area contributed by atoms with Gasteiger partial charge in [0.25, 0.3) is 0 Å². The van der Waals surface area contributed by atoms with Crippen LogP contribution in [0, 0.1) is 5.92 Å². The fraction of sp³-hybridized carbons (Fsp3) is 0.467. The molecule has 1 unspecified atom stereocenters. The van der Waals surface area contributed by atoms with Crippen molar-refractivity contribution in [3.63, 3.8) is 0 Å². The van der Waals surface area contributed by atoms with Crippen molar-refractivity contribution >= 4 is 17.5 Å². The number of nitrogens with two attached hydrogens (primary N) is 1. The Kier molecular flexibility index (Phi) is 4.61. The van der Waals surface area contributed by atoms with Crippen molar-refractivity contribution in [2.75, 3.05) is 18.8 Å². The number of nitrogen functional groups attached to an aromatic ring is 1. The number of carbonyl (C=O) groups is 2. The summed E-state index contributed by atoms with van der Waals surface area (Å²) in [5.41, 5.74) is 7.25. The molecule has 1 aromatic rings. The van der Waals surface area contributed by atoms with Gasteiger partial charge in [0.05, 0.1) is 5.92 Å². The van der Waals surface area contributed by atoms with Crippen LogP contribution in [-0.2, 0) is 9.59 Å². The van der Waals surface area contributed by atoms with E-state index in [-0.39, 0.29) is 23.7 Å². The lowest BCUT2D eigenvalue weighted by Crippen LogP contribution is -2.36. The molecule has 1 fully saturated rings. The van der Waals surface area contributed by atoms with E-state index in [1.54, 1.807) is 12.1 Å². The van der Waals surface area contributed by atoms with E-state index >= 15 is 0 Å². The van der Waals surface area contributed by atoms with Gasteiger partial charge in [-0.1, -0.05) is 12.1 Å². The van der Waals surface area contributed by atoms with Crippen molar-refractivity contribution in [3.05, 3.63) is 29.8 Å². The van der Waals surface area contributed by atoms with Gasteiger partial charge < -0.3 is 16.4 Å². The van der Waals surface area contributed by atoms with Crippen molar-refractivity contribution < 1.29 is 9.59 Å². The van der Waals surface area contributed by atoms with Gasteiger partial charge in [-0.3, -0.25) is 9.59 Å². The molecule has 0 aliphatic heterocycles. The summed E-state index contributed by atoms with van der Waals surface area (Å²) in [7, 11) is 0. The van der Waals surface area contributed by atoms with Crippen LogP contribution in [0.5, 0.6) is 0 Å². The first kappa shape index (κ1) is 14.4. The summed E-state index contributed by atoms with van der Waals surface area (Å²) in [6, 6.07) is 7.32. The van der Waals surface area contributed by atoms with E-state index in [9.17, 15) is 9.59 Å². The first-order chi connectivity index (χ1) is 9.58. The van der Waals surface area contributed by atoms with Crippen LogP contribution in [0.1, 0.15) is 31.2 Å². The van der Waals surface area contributed by atoms with Gasteiger partial charge in [-0.05, 0) is 37.5 Å². The minimum atomic E-state index is -0.252. The second-order valence-electron chi connectivity index (χ2n) is 5.25. The van der Waals surface area contributed by atoms with Crippen LogP contribution in [-0.4, -0.2) is 24.9 Å². The highest BCUT2D eigenvalue weighted by molar-refractivity contribution is 5.83. The van der Waals surface area contributed by atoms with Crippen molar-refractivity contribution in [1.82, 2.24) is 10.6 Å². The number of rotatable bonds is 6. The Morgan fingerprint density at radius 2 is 2.00 bits per heavy atom. The Bertz CT molecular complexity index is 498. The van der Waals surface area contributed by atoms with Crippen LogP contribution < -0.4 is 16.4 Å². The molecule has 108 valence electrons. The molecule has 2 rings (SSSR count). The smallest absolute Gasteiger partial charge is 0.227 e. The summed E-state index contributed by atoms with van der Waals surface area (Å²) >= 11 is 0. The standard InChI is InChI=1S/C15H21N3O2/c1-10(12-3-2-4-13(16)9-12)14(19)17-7-8-18-15(20)11-5-6-11/h2-4,9-11H,5-8,16H2,1H3,(H,17,19)(H,18,20). The number of nitrogens with one attached hydrogen (secondary N) is 2. The molecular formula is C15H21N3O2. The Hall–Kier alpha value is -2.04. The molecule has 4 N–H and O–H groups in total. The molecule has 0 aromatic heterocycles. The monoisotopic (exact) mass is 275 g/mol. The number of anilines is 1. The third-order valence-electron chi connectivity index (χ3n) is 3.48. The van der Waals surface area contributed by atoms with E-state index in [2.05, 4.69) is 10.6 Å². The zero-order chi connectivity index (χ0) is 14.5. The minimum Gasteiger partial charge on any atom is -0.399 e. The molecule has 20 heavy (non-hydrogen) atoms. The maximum atomic E-state index is 12.0. The Labute approximate surface area is 118 Å². The second kappa shape index (κ2) is 6.41. The molecule has 1 aliphatic rings. The third kappa shape index (κ3) is 3.98. The molecule has 0 spiro atoms. The van der Waals surface area contributed by atoms with E-state index in [0.717, 1.165) is 18.4 Å². The molecular weight excluding hydrogens is 254 g/mol. The zero-order valence-electron chi connectivity index (χ0n) is 11.7. The normalized spacial score (nSPS) is 15.4. The van der Waals surface area contributed by atoms with Crippen molar-refractivity contribution in [2.45, 2.75) is 25.7 Å². The van der Waals surface area contributed by atoms with Gasteiger partial charge in [0.15, 0.2) is 0 Å². The Morgan fingerprint density at radius 1 is 1.30 bits per heavy atom. The van der Waals surface area contributed by atoms with Gasteiger partial charge >= 0.3 is 0 Å². The molecule has 1 aromatic carbocycles. The maximum Gasteiger partial charge on any atom is 0.227 e. The van der Waals surface area contributed by atoms with Gasteiger partial charge in [0.2, 0.25) is 11.8 Å². The van der Waals surface area contributed by atoms with E-state index in [1.807, 2.05) is 19.1 Å². The number of hydrogen-bond donors (Lipinski definition) is 3. The first-order valence-electron chi connectivity index (χ1n) is 6.99. The Morgan fingerprint density at radius 3 is 2.65 bits per heavy atom. The fourth-order valence-corrected chi connectivity index (χ4v) is 1.99. The van der Waals surface area contributed by atoms with E-state index < -0.39 is 0 Å². The summed E-state index contributed by atoms with van der Waals surface area (Å²) < 4.78 is 0. The highest BCUT2D eigenvalue weighted by Crippen LogP contribution is 2.28. The predicted molar refractivity (Wildman–Crippen MR) is 78.0 cm³/mol. The molecule has 1 saturated carbocycles. The van der Waals surface area contributed by atoms with Crippen molar-refractivity contribution in [1.29, 1.82) is 0 Å². The Balaban J connectivity index is 1.72. The number of amides is 2. The average Bonchev–Trinajstić information content (AvgIpc) is 3.26. The highest BCUT2D eigenvalue weighted by Gasteiger charge is 2.29. The topological polar surface area (TPSA) is 84.2 Å². The lowest BCUT2D eigenvalue weighted by molar-refractivity contribution is -0.124. The highest BCUT2D eigenvalue weighted by atomic mass is 16.2. The van der Waals surface area contributed by atoms with Gasteiger partial charge in [-0.25, -0.2) is 0 Å². The number of carbonyl (C=O) groups excluding carboxylic acids is 2. The number of benzene rings is 1. The van der Waals surface area contributed by atoms with Gasteiger partial charge in [0.1, 0.15) is 0 Å². The van der Waals surface area contributed by atoms with Gasteiger partial charge in [0, 0.05) is 24.7 Å². The molecule has 2 amide bonds. The molecule has 1 atom stereocenters. The van der Waals surface area contributed by atoms with E-state index in [4.69, 9.17) is 5.73 Å². The van der Waals surface area contributed by atoms with Crippen LogP contribution in [0.15, 0.2) is 24.3 Å². The molecule has 0 radical (unpaired) electrons. The lowest BCUT2D eigenvalue weighted by Gasteiger charge is -2.13. The summed E-state index contributed by atoms with van der Waals surface area (Å²) in [4.78, 5) is 23.4. The van der Waals surface area contributed by atoms with Crippen molar-refractivity contribution in [3.8, 4) is 0 Å². The quantitative estimate of drug-likeness (QED) is 0.535. The number of hydrogen-bond acceptors (Lipinski definition) is 3. The van der Waals surface area contributed by atoms with Gasteiger partial charge in [-0.2, -0.15) is 0 Å². The summed E-state index contributed by atoms with van der Waals surface area (Å²) in [6.07, 6.45) is 1.98. The van der Waals surface area contributed by atoms with Crippen LogP contribution in [0.4, 0.5) is 5.69 Å². The summed E-state index contributed by atoms with van der Waals surface area (Å²) in [5.74, 6) is -0.00560. The largest absolute Gasteiger partial charge is 0.399 e. The van der Waals surface area contributed by atoms with Crippen LogP contribution in [0.2, 0.25) is 0 Å². The minimum absolute atomic E-state index is 0.0590. The lowest BCUT2D eigenvalue weighted by atomic mass is 10.00. The van der Waals surface area contributed by atoms with E-state index in [0.29, 0.717) is 18.8 Å². The summed E-state index contributed by atoms with van der Waals surface area (Å²) in [5, 5.41) is 5.63.